The van der Waals surface area contributed by atoms with E-state index < -0.39 is 0 Å². The number of rotatable bonds is 6. The average Bonchev–Trinajstić information content (AvgIpc) is 2.50. The van der Waals surface area contributed by atoms with Crippen LogP contribution < -0.4 is 11.1 Å². The van der Waals surface area contributed by atoms with Crippen LogP contribution in [0.3, 0.4) is 0 Å². The first-order valence-corrected chi connectivity index (χ1v) is 8.29. The maximum absolute atomic E-state index is 12.1. The Bertz CT molecular complexity index is 430. The molecule has 0 heterocycles. The molecule has 3 N–H and O–H groups in total. The van der Waals surface area contributed by atoms with Crippen LogP contribution >= 0.6 is 12.4 Å². The van der Waals surface area contributed by atoms with E-state index in [1.54, 1.807) is 0 Å². The molecule has 0 radical (unpaired) electrons. The lowest BCUT2D eigenvalue weighted by Gasteiger charge is -2.29. The minimum atomic E-state index is -0.206. The van der Waals surface area contributed by atoms with Gasteiger partial charge in [0.05, 0.1) is 0 Å². The summed E-state index contributed by atoms with van der Waals surface area (Å²) < 4.78 is 0. The zero-order valence-corrected chi connectivity index (χ0v) is 14.3. The Labute approximate surface area is 140 Å². The summed E-state index contributed by atoms with van der Waals surface area (Å²) in [6.45, 7) is 2.25. The van der Waals surface area contributed by atoms with Crippen molar-refractivity contribution in [1.82, 2.24) is 5.32 Å². The maximum atomic E-state index is 12.1. The largest absolute Gasteiger partial charge is 0.353 e. The maximum Gasteiger partial charge on any atom is 0.222 e. The zero-order valence-electron chi connectivity index (χ0n) is 13.5. The van der Waals surface area contributed by atoms with E-state index in [1.807, 2.05) is 30.3 Å². The van der Waals surface area contributed by atoms with Gasteiger partial charge < -0.3 is 11.1 Å². The van der Waals surface area contributed by atoms with E-state index in [0.29, 0.717) is 12.5 Å². The molecule has 1 saturated carbocycles. The van der Waals surface area contributed by atoms with Crippen LogP contribution in [0.15, 0.2) is 30.3 Å². The van der Waals surface area contributed by atoms with Crippen molar-refractivity contribution in [2.75, 3.05) is 0 Å². The predicted octanol–water partition coefficient (Wildman–Crippen LogP) is 3.97. The minimum absolute atomic E-state index is 0. The summed E-state index contributed by atoms with van der Waals surface area (Å²) in [4.78, 5) is 12.1. The van der Waals surface area contributed by atoms with Crippen molar-refractivity contribution in [2.24, 2.45) is 11.7 Å². The summed E-state index contributed by atoms with van der Waals surface area (Å²) >= 11 is 0. The minimum Gasteiger partial charge on any atom is -0.353 e. The van der Waals surface area contributed by atoms with Gasteiger partial charge in [-0.15, -0.1) is 12.4 Å². The van der Waals surface area contributed by atoms with E-state index in [1.165, 1.54) is 25.7 Å². The highest BCUT2D eigenvalue weighted by atomic mass is 35.5. The Hall–Kier alpha value is -1.06. The first-order chi connectivity index (χ1) is 10.2. The Kier molecular flexibility index (Phi) is 8.51. The molecule has 1 amide bonds. The molecule has 3 nitrogen and oxygen atoms in total. The van der Waals surface area contributed by atoms with E-state index in [4.69, 9.17) is 5.73 Å². The van der Waals surface area contributed by atoms with E-state index in [0.717, 1.165) is 24.3 Å². The van der Waals surface area contributed by atoms with Crippen LogP contribution in [-0.2, 0) is 4.79 Å². The molecule has 1 aromatic rings. The summed E-state index contributed by atoms with van der Waals surface area (Å²) in [7, 11) is 0. The molecule has 1 unspecified atom stereocenters. The topological polar surface area (TPSA) is 55.1 Å². The second kappa shape index (κ2) is 9.86. The number of halogens is 1. The van der Waals surface area contributed by atoms with Gasteiger partial charge in [0.25, 0.3) is 0 Å². The van der Waals surface area contributed by atoms with Crippen molar-refractivity contribution in [2.45, 2.75) is 64.0 Å². The third-order valence-electron chi connectivity index (χ3n) is 4.54. The standard InChI is InChI=1S/C18H28N2O.ClH/c1-2-6-14-9-11-16(12-10-14)20-18(21)13-17(19)15-7-4-3-5-8-15;/h3-5,7-8,14,16-17H,2,6,9-13,19H2,1H3,(H,20,21);1H. The summed E-state index contributed by atoms with van der Waals surface area (Å²) in [5.41, 5.74) is 7.13. The van der Waals surface area contributed by atoms with Gasteiger partial charge in [0.2, 0.25) is 5.91 Å². The van der Waals surface area contributed by atoms with Crippen LogP contribution in [0, 0.1) is 5.92 Å². The van der Waals surface area contributed by atoms with Crippen molar-refractivity contribution in [1.29, 1.82) is 0 Å². The molecule has 0 saturated heterocycles. The molecule has 0 aliphatic heterocycles. The van der Waals surface area contributed by atoms with E-state index in [2.05, 4.69) is 12.2 Å². The number of carbonyl (C=O) groups excluding carboxylic acids is 1. The van der Waals surface area contributed by atoms with Crippen LogP contribution in [0.4, 0.5) is 0 Å². The lowest BCUT2D eigenvalue weighted by Crippen LogP contribution is -2.38. The fraction of sp³-hybridized carbons (Fsp3) is 0.611. The quantitative estimate of drug-likeness (QED) is 0.831. The van der Waals surface area contributed by atoms with Gasteiger partial charge in [-0.05, 0) is 37.2 Å². The van der Waals surface area contributed by atoms with Gasteiger partial charge in [-0.3, -0.25) is 4.79 Å². The summed E-state index contributed by atoms with van der Waals surface area (Å²) in [5, 5.41) is 3.16. The SMILES string of the molecule is CCCC1CCC(NC(=O)CC(N)c2ccccc2)CC1.Cl. The number of nitrogens with one attached hydrogen (secondary N) is 1. The van der Waals surface area contributed by atoms with Gasteiger partial charge in [0, 0.05) is 18.5 Å². The summed E-state index contributed by atoms with van der Waals surface area (Å²) in [6, 6.07) is 9.99. The Morgan fingerprint density at radius 3 is 2.45 bits per heavy atom. The van der Waals surface area contributed by atoms with Crippen molar-refractivity contribution in [3.05, 3.63) is 35.9 Å². The highest BCUT2D eigenvalue weighted by Gasteiger charge is 2.22. The van der Waals surface area contributed by atoms with E-state index >= 15 is 0 Å². The van der Waals surface area contributed by atoms with Gasteiger partial charge in [-0.25, -0.2) is 0 Å². The average molecular weight is 325 g/mol. The van der Waals surface area contributed by atoms with Crippen LogP contribution in [0.2, 0.25) is 0 Å². The second-order valence-electron chi connectivity index (χ2n) is 6.30. The molecule has 1 fully saturated rings. The molecule has 1 atom stereocenters. The predicted molar refractivity (Wildman–Crippen MR) is 94.0 cm³/mol. The lowest BCUT2D eigenvalue weighted by molar-refractivity contribution is -0.122. The highest BCUT2D eigenvalue weighted by Crippen LogP contribution is 2.27. The smallest absolute Gasteiger partial charge is 0.222 e. The molecule has 1 aliphatic rings. The van der Waals surface area contributed by atoms with Crippen molar-refractivity contribution < 1.29 is 4.79 Å². The summed E-state index contributed by atoms with van der Waals surface area (Å²) in [5.74, 6) is 0.958. The second-order valence-corrected chi connectivity index (χ2v) is 6.30. The molecule has 1 aromatic carbocycles. The third-order valence-corrected chi connectivity index (χ3v) is 4.54. The number of nitrogens with two attached hydrogens (primary N) is 1. The number of benzene rings is 1. The van der Waals surface area contributed by atoms with Crippen LogP contribution in [0.5, 0.6) is 0 Å². The van der Waals surface area contributed by atoms with E-state index in [9.17, 15) is 4.79 Å². The summed E-state index contributed by atoms with van der Waals surface area (Å²) in [6.07, 6.45) is 7.73. The Morgan fingerprint density at radius 2 is 1.86 bits per heavy atom. The zero-order chi connectivity index (χ0) is 15.1. The van der Waals surface area contributed by atoms with Gasteiger partial charge in [-0.2, -0.15) is 0 Å². The highest BCUT2D eigenvalue weighted by molar-refractivity contribution is 5.85. The molecule has 4 heteroatoms. The molecular formula is C18H29ClN2O. The fourth-order valence-corrected chi connectivity index (χ4v) is 3.31. The Morgan fingerprint density at radius 1 is 1.23 bits per heavy atom. The van der Waals surface area contributed by atoms with Crippen LogP contribution in [0.25, 0.3) is 0 Å². The first-order valence-electron chi connectivity index (χ1n) is 8.29. The number of amides is 1. The van der Waals surface area contributed by atoms with Gasteiger partial charge in [-0.1, -0.05) is 50.1 Å². The molecule has 0 aromatic heterocycles. The fourth-order valence-electron chi connectivity index (χ4n) is 3.31. The normalized spacial score (nSPS) is 22.5. The van der Waals surface area contributed by atoms with Gasteiger partial charge in [0.1, 0.15) is 0 Å². The van der Waals surface area contributed by atoms with E-state index in [-0.39, 0.29) is 24.4 Å². The Balaban J connectivity index is 0.00000242. The molecular weight excluding hydrogens is 296 g/mol. The van der Waals surface area contributed by atoms with Crippen LogP contribution in [-0.4, -0.2) is 11.9 Å². The monoisotopic (exact) mass is 324 g/mol. The number of hydrogen-bond donors (Lipinski definition) is 2. The molecule has 124 valence electrons. The molecule has 0 bridgehead atoms. The van der Waals surface area contributed by atoms with Crippen molar-refractivity contribution >= 4 is 18.3 Å². The van der Waals surface area contributed by atoms with Gasteiger partial charge in [0.15, 0.2) is 0 Å². The van der Waals surface area contributed by atoms with Crippen LogP contribution in [0.1, 0.15) is 63.5 Å². The number of carbonyl (C=O) groups is 1. The molecule has 0 spiro atoms. The third kappa shape index (κ3) is 5.98. The molecule has 1 aliphatic carbocycles. The van der Waals surface area contributed by atoms with Crippen molar-refractivity contribution in [3.63, 3.8) is 0 Å². The first kappa shape index (κ1) is 19.0. The molecule has 22 heavy (non-hydrogen) atoms. The van der Waals surface area contributed by atoms with Crippen molar-refractivity contribution in [3.8, 4) is 0 Å². The molecule has 2 rings (SSSR count). The van der Waals surface area contributed by atoms with Gasteiger partial charge >= 0.3 is 0 Å². The number of hydrogen-bond acceptors (Lipinski definition) is 2. The lowest BCUT2D eigenvalue weighted by atomic mass is 9.83.